The smallest absolute Gasteiger partial charge is 0.159 e. The third-order valence-corrected chi connectivity index (χ3v) is 14.6. The molecule has 0 fully saturated rings. The van der Waals surface area contributed by atoms with Gasteiger partial charge in [-0.25, -0.2) is 9.98 Å². The van der Waals surface area contributed by atoms with Crippen LogP contribution in [0, 0.1) is 5.92 Å². The zero-order valence-electron chi connectivity index (χ0n) is 38.6. The first kappa shape index (κ1) is 40.3. The highest BCUT2D eigenvalue weighted by Gasteiger charge is 2.28. The number of fused-ring (bicyclic) bond motifs is 9. The van der Waals surface area contributed by atoms with Crippen LogP contribution in [-0.2, 0) is 6.42 Å². The van der Waals surface area contributed by atoms with Crippen molar-refractivity contribution in [2.24, 2.45) is 15.9 Å². The van der Waals surface area contributed by atoms with E-state index in [-0.39, 0.29) is 12.1 Å². The summed E-state index contributed by atoms with van der Waals surface area (Å²) in [6.07, 6.45) is 11.6. The Balaban J connectivity index is 0.908. The van der Waals surface area contributed by atoms with E-state index < -0.39 is 0 Å². The topological polar surface area (TPSA) is 68.0 Å². The second kappa shape index (κ2) is 16.2. The van der Waals surface area contributed by atoms with Gasteiger partial charge in [0.05, 0.1) is 16.7 Å². The summed E-state index contributed by atoms with van der Waals surface area (Å²) in [6.45, 7) is 2.32. The number of rotatable bonds is 7. The lowest BCUT2D eigenvalue weighted by Gasteiger charge is -2.28. The van der Waals surface area contributed by atoms with Gasteiger partial charge < -0.3 is 18.7 Å². The predicted molar refractivity (Wildman–Crippen MR) is 289 cm³/mol. The first-order chi connectivity index (χ1) is 34.6. The fourth-order valence-electron chi connectivity index (χ4n) is 11.1. The lowest BCUT2D eigenvalue weighted by molar-refractivity contribution is 0.546. The summed E-state index contributed by atoms with van der Waals surface area (Å²) in [4.78, 5) is 10.3. The molecule has 6 heteroatoms. The van der Waals surface area contributed by atoms with Crippen LogP contribution < -0.4 is 5.32 Å². The Bertz CT molecular complexity index is 4070. The lowest BCUT2D eigenvalue weighted by Crippen LogP contribution is -2.40. The van der Waals surface area contributed by atoms with Gasteiger partial charge in [-0.1, -0.05) is 165 Å². The Morgan fingerprint density at radius 1 is 0.571 bits per heavy atom. The maximum atomic E-state index is 6.91. The van der Waals surface area contributed by atoms with Gasteiger partial charge in [0.1, 0.15) is 34.5 Å². The van der Waals surface area contributed by atoms with Gasteiger partial charge in [-0.05, 0) is 94.6 Å². The van der Waals surface area contributed by atoms with E-state index in [2.05, 4.69) is 199 Å². The molecule has 3 aliphatic rings. The number of allylic oxidation sites excluding steroid dienone is 3. The fourth-order valence-corrected chi connectivity index (χ4v) is 11.1. The predicted octanol–water partition coefficient (Wildman–Crippen LogP) is 15.9. The minimum atomic E-state index is -0.309. The van der Waals surface area contributed by atoms with Gasteiger partial charge in [-0.2, -0.15) is 0 Å². The molecular formula is C64H46N4O2. The van der Waals surface area contributed by atoms with Crippen molar-refractivity contribution in [2.45, 2.75) is 32.4 Å². The molecule has 0 spiro atoms. The van der Waals surface area contributed by atoms with Crippen molar-refractivity contribution in [3.8, 4) is 27.9 Å². The molecule has 334 valence electrons. The monoisotopic (exact) mass is 902 g/mol. The number of hydrogen-bond donors (Lipinski definition) is 1. The van der Waals surface area contributed by atoms with Gasteiger partial charge >= 0.3 is 0 Å². The van der Waals surface area contributed by atoms with Crippen LogP contribution in [0.5, 0.6) is 0 Å². The average Bonchev–Trinajstić information content (AvgIpc) is 4.10. The maximum Gasteiger partial charge on any atom is 0.159 e. The number of nitrogens with zero attached hydrogens (tertiary/aromatic N) is 3. The van der Waals surface area contributed by atoms with E-state index in [9.17, 15) is 0 Å². The highest BCUT2D eigenvalue weighted by Crippen LogP contribution is 2.45. The molecule has 2 aliphatic carbocycles. The Kier molecular flexibility index (Phi) is 9.34. The number of benzene rings is 8. The molecule has 0 amide bonds. The van der Waals surface area contributed by atoms with Crippen molar-refractivity contribution in [2.75, 3.05) is 0 Å². The molecule has 1 N–H and O–H groups in total. The first-order valence-electron chi connectivity index (χ1n) is 24.4. The molecule has 0 saturated carbocycles. The molecule has 4 heterocycles. The molecule has 3 aromatic heterocycles. The van der Waals surface area contributed by atoms with E-state index in [0.29, 0.717) is 0 Å². The van der Waals surface area contributed by atoms with E-state index in [1.165, 1.54) is 38.6 Å². The molecule has 2 unspecified atom stereocenters. The third kappa shape index (κ3) is 6.62. The summed E-state index contributed by atoms with van der Waals surface area (Å²) in [6, 6.07) is 64.8. The molecular weight excluding hydrogens is 857 g/mol. The van der Waals surface area contributed by atoms with E-state index in [1.54, 1.807) is 0 Å². The molecule has 70 heavy (non-hydrogen) atoms. The summed E-state index contributed by atoms with van der Waals surface area (Å²) >= 11 is 0. The Labute approximate surface area is 404 Å². The van der Waals surface area contributed by atoms with Crippen LogP contribution in [0.15, 0.2) is 225 Å². The van der Waals surface area contributed by atoms with Crippen molar-refractivity contribution in [1.29, 1.82) is 0 Å². The van der Waals surface area contributed by atoms with Crippen LogP contribution in [0.25, 0.3) is 94.3 Å². The maximum absolute atomic E-state index is 6.91. The average molecular weight is 903 g/mol. The minimum Gasteiger partial charge on any atom is -0.460 e. The molecule has 6 nitrogen and oxygen atoms in total. The summed E-state index contributed by atoms with van der Waals surface area (Å²) in [5, 5.41) is 9.46. The Morgan fingerprint density at radius 2 is 1.31 bits per heavy atom. The van der Waals surface area contributed by atoms with Crippen LogP contribution in [-0.4, -0.2) is 22.4 Å². The summed E-state index contributed by atoms with van der Waals surface area (Å²) in [7, 11) is 0. The van der Waals surface area contributed by atoms with Crippen molar-refractivity contribution in [1.82, 2.24) is 9.88 Å². The Morgan fingerprint density at radius 3 is 2.16 bits per heavy atom. The van der Waals surface area contributed by atoms with Crippen molar-refractivity contribution in [3.63, 3.8) is 0 Å². The van der Waals surface area contributed by atoms with Crippen molar-refractivity contribution >= 4 is 78.0 Å². The molecule has 8 aromatic carbocycles. The number of nitrogens with one attached hydrogen (secondary N) is 1. The van der Waals surface area contributed by atoms with Gasteiger partial charge in [0, 0.05) is 61.7 Å². The van der Waals surface area contributed by atoms with Crippen LogP contribution in [0.1, 0.15) is 47.8 Å². The summed E-state index contributed by atoms with van der Waals surface area (Å²) in [5.41, 5.74) is 17.3. The molecule has 0 bridgehead atoms. The number of amidine groups is 2. The molecule has 0 radical (unpaired) electrons. The van der Waals surface area contributed by atoms with Crippen LogP contribution in [0.2, 0.25) is 0 Å². The summed E-state index contributed by atoms with van der Waals surface area (Å²) in [5.74, 6) is 2.86. The van der Waals surface area contributed by atoms with E-state index in [4.69, 9.17) is 18.8 Å². The second-order valence-electron chi connectivity index (χ2n) is 18.8. The lowest BCUT2D eigenvalue weighted by atomic mass is 9.83. The minimum absolute atomic E-state index is 0.279. The molecule has 11 aromatic rings. The number of furan rings is 2. The van der Waals surface area contributed by atoms with Gasteiger partial charge in [0.25, 0.3) is 0 Å². The molecule has 0 saturated heterocycles. The van der Waals surface area contributed by atoms with Crippen molar-refractivity contribution < 1.29 is 8.83 Å². The zero-order chi connectivity index (χ0) is 46.3. The van der Waals surface area contributed by atoms with Crippen LogP contribution in [0.3, 0.4) is 0 Å². The van der Waals surface area contributed by atoms with E-state index in [0.717, 1.165) is 114 Å². The van der Waals surface area contributed by atoms with E-state index in [1.807, 2.05) is 24.3 Å². The van der Waals surface area contributed by atoms with Gasteiger partial charge in [-0.15, -0.1) is 0 Å². The zero-order valence-corrected chi connectivity index (χ0v) is 38.6. The highest BCUT2D eigenvalue weighted by atomic mass is 16.3. The van der Waals surface area contributed by atoms with Gasteiger partial charge in [0.2, 0.25) is 0 Å². The number of aliphatic imine (C=N–C) groups is 2. The quantitative estimate of drug-likeness (QED) is 0.173. The fraction of sp³-hybridized carbons (Fsp3) is 0.0938. The Hall–Kier alpha value is -8.74. The number of aromatic nitrogens is 1. The third-order valence-electron chi connectivity index (χ3n) is 14.6. The molecule has 2 atom stereocenters. The number of hydrogen-bond acceptors (Lipinski definition) is 5. The second-order valence-corrected chi connectivity index (χ2v) is 18.8. The van der Waals surface area contributed by atoms with Gasteiger partial charge in [-0.3, -0.25) is 0 Å². The first-order valence-corrected chi connectivity index (χ1v) is 24.4. The largest absolute Gasteiger partial charge is 0.460 e. The summed E-state index contributed by atoms with van der Waals surface area (Å²) < 4.78 is 16.0. The standard InChI is InChI=1S/C64H46N4O2/c1-39-28-29-45(64-66-62(41-18-7-3-8-19-41)65-63(67-64)42-20-9-4-10-21-42)35-50(39)48-24-15-27-58-61(48)49-32-30-44(36-59(49)70-58)51-37-53-47-23-12-14-26-57(47)69-60(53)38-56(51)68-54-25-13-11-22-46(54)52-34-43(31-33-55(52)68)40-16-5-2-6-17-40/h2-13,15-25,27,29-39,64H,14,26,28H2,1H3,(H,65,66,67). The van der Waals surface area contributed by atoms with E-state index >= 15 is 0 Å². The van der Waals surface area contributed by atoms with Gasteiger partial charge in [0.15, 0.2) is 5.84 Å². The van der Waals surface area contributed by atoms with Crippen molar-refractivity contribution in [3.05, 3.63) is 234 Å². The molecule has 1 aliphatic heterocycles. The SMILES string of the molecule is CC1CC=C(C2N=C(c3ccccc3)N=C(c3ccccc3)N2)C=C1c1cccc2oc3cc(-c4cc5c6c(oc5cc4-n4c5ccccc5c5cc(-c7ccccc7)ccc54)CCC=C6)ccc3c12. The number of para-hydroxylation sites is 1. The molecule has 14 rings (SSSR count). The normalized spacial score (nSPS) is 16.9. The van der Waals surface area contributed by atoms with Crippen LogP contribution in [0.4, 0.5) is 0 Å². The van der Waals surface area contributed by atoms with Crippen LogP contribution >= 0.6 is 0 Å². The number of aryl methyl sites for hydroxylation is 1. The highest BCUT2D eigenvalue weighted by molar-refractivity contribution is 6.15.